The first-order valence-electron chi connectivity index (χ1n) is 9.12. The lowest BCUT2D eigenvalue weighted by molar-refractivity contribution is 0.0697. The number of sulfonamides is 1. The third-order valence-corrected chi connectivity index (χ3v) is 7.15. The Morgan fingerprint density at radius 2 is 1.64 bits per heavy atom. The summed E-state index contributed by atoms with van der Waals surface area (Å²) in [5.41, 5.74) is 2.27. The van der Waals surface area contributed by atoms with E-state index in [9.17, 15) is 13.2 Å². The summed E-state index contributed by atoms with van der Waals surface area (Å²) in [6.45, 7) is 5.12. The van der Waals surface area contributed by atoms with Gasteiger partial charge in [-0.15, -0.1) is 0 Å². The van der Waals surface area contributed by atoms with Crippen molar-refractivity contribution in [1.82, 2.24) is 9.21 Å². The first kappa shape index (κ1) is 18.8. The van der Waals surface area contributed by atoms with E-state index < -0.39 is 10.0 Å². The summed E-state index contributed by atoms with van der Waals surface area (Å²) in [7, 11) is -3.57. The molecule has 1 fully saturated rings. The molecule has 28 heavy (non-hydrogen) atoms. The minimum absolute atomic E-state index is 0.137. The van der Waals surface area contributed by atoms with Crippen LogP contribution in [0.3, 0.4) is 0 Å². The molecule has 2 aliphatic heterocycles. The van der Waals surface area contributed by atoms with Crippen molar-refractivity contribution in [1.29, 1.82) is 0 Å². The van der Waals surface area contributed by atoms with Crippen molar-refractivity contribution in [2.45, 2.75) is 18.7 Å². The van der Waals surface area contributed by atoms with Crippen LogP contribution < -0.4 is 9.47 Å². The van der Waals surface area contributed by atoms with Crippen molar-refractivity contribution in [3.05, 3.63) is 53.1 Å². The van der Waals surface area contributed by atoms with E-state index in [2.05, 4.69) is 0 Å². The average molecular weight is 402 g/mol. The van der Waals surface area contributed by atoms with E-state index >= 15 is 0 Å². The number of ether oxygens (including phenoxy) is 2. The van der Waals surface area contributed by atoms with Crippen LogP contribution in [0.25, 0.3) is 0 Å². The van der Waals surface area contributed by atoms with Gasteiger partial charge in [-0.25, -0.2) is 8.42 Å². The summed E-state index contributed by atoms with van der Waals surface area (Å²) in [5.74, 6) is 1.05. The summed E-state index contributed by atoms with van der Waals surface area (Å²) in [4.78, 5) is 14.8. The molecular formula is C20H22N2O5S. The van der Waals surface area contributed by atoms with Gasteiger partial charge in [0.25, 0.3) is 5.91 Å². The predicted octanol–water partition coefficient (Wildman–Crippen LogP) is 2.18. The molecule has 7 nitrogen and oxygen atoms in total. The topological polar surface area (TPSA) is 76.2 Å². The van der Waals surface area contributed by atoms with Crippen molar-refractivity contribution in [2.75, 3.05) is 33.0 Å². The van der Waals surface area contributed by atoms with E-state index in [1.165, 1.54) is 4.31 Å². The Morgan fingerprint density at radius 1 is 0.929 bits per heavy atom. The Bertz CT molecular complexity index is 1030. The van der Waals surface area contributed by atoms with Crippen LogP contribution in [-0.4, -0.2) is 56.5 Å². The van der Waals surface area contributed by atoms with Gasteiger partial charge in [0.15, 0.2) is 11.5 Å². The van der Waals surface area contributed by atoms with Crippen molar-refractivity contribution in [2.24, 2.45) is 0 Å². The number of fused-ring (bicyclic) bond motifs is 1. The van der Waals surface area contributed by atoms with Crippen LogP contribution in [0.4, 0.5) is 0 Å². The first-order chi connectivity index (χ1) is 13.4. The zero-order valence-electron chi connectivity index (χ0n) is 15.8. The third-order valence-electron chi connectivity index (χ3n) is 5.09. The van der Waals surface area contributed by atoms with Crippen LogP contribution in [-0.2, 0) is 10.0 Å². The van der Waals surface area contributed by atoms with Gasteiger partial charge >= 0.3 is 0 Å². The second kappa shape index (κ2) is 7.10. The number of rotatable bonds is 3. The minimum Gasteiger partial charge on any atom is -0.454 e. The van der Waals surface area contributed by atoms with Crippen molar-refractivity contribution in [3.63, 3.8) is 0 Å². The van der Waals surface area contributed by atoms with Gasteiger partial charge in [-0.05, 0) is 43.7 Å². The highest BCUT2D eigenvalue weighted by molar-refractivity contribution is 7.89. The van der Waals surface area contributed by atoms with Gasteiger partial charge in [-0.2, -0.15) is 4.31 Å². The average Bonchev–Trinajstić information content (AvgIpc) is 3.15. The summed E-state index contributed by atoms with van der Waals surface area (Å²) in [5, 5.41) is 0. The summed E-state index contributed by atoms with van der Waals surface area (Å²) >= 11 is 0. The molecule has 4 rings (SSSR count). The van der Waals surface area contributed by atoms with E-state index in [4.69, 9.17) is 9.47 Å². The van der Waals surface area contributed by atoms with Crippen LogP contribution in [0.1, 0.15) is 21.5 Å². The first-order valence-corrected chi connectivity index (χ1v) is 10.6. The molecule has 1 amide bonds. The zero-order chi connectivity index (χ0) is 19.9. The zero-order valence-corrected chi connectivity index (χ0v) is 16.7. The molecule has 0 radical (unpaired) electrons. The molecule has 0 unspecified atom stereocenters. The largest absolute Gasteiger partial charge is 0.454 e. The van der Waals surface area contributed by atoms with E-state index in [0.717, 1.165) is 11.1 Å². The highest BCUT2D eigenvalue weighted by Gasteiger charge is 2.31. The van der Waals surface area contributed by atoms with Crippen LogP contribution in [0.15, 0.2) is 41.3 Å². The minimum atomic E-state index is -3.57. The fourth-order valence-electron chi connectivity index (χ4n) is 3.57. The number of carbonyl (C=O) groups excluding carboxylic acids is 1. The number of benzene rings is 2. The molecular weight excluding hydrogens is 380 g/mol. The molecule has 0 N–H and O–H groups in total. The van der Waals surface area contributed by atoms with Crippen molar-refractivity contribution in [3.8, 4) is 11.5 Å². The Balaban J connectivity index is 1.46. The quantitative estimate of drug-likeness (QED) is 0.787. The molecule has 2 aromatic rings. The van der Waals surface area contributed by atoms with Crippen LogP contribution in [0.5, 0.6) is 11.5 Å². The van der Waals surface area contributed by atoms with E-state index in [1.54, 1.807) is 42.2 Å². The monoisotopic (exact) mass is 402 g/mol. The normalized spacial score (nSPS) is 17.0. The van der Waals surface area contributed by atoms with Gasteiger partial charge in [0.1, 0.15) is 0 Å². The summed E-state index contributed by atoms with van der Waals surface area (Å²) in [6, 6.07) is 10.4. The molecule has 0 aromatic heterocycles. The standard InChI is InChI=1S/C20H22N2O5S/c1-14-3-6-19(15(2)11-14)28(24,25)22-9-7-21(8-10-22)20(23)16-4-5-17-18(12-16)27-13-26-17/h3-6,11-12H,7-10,13H2,1-2H3. The number of piperazine rings is 1. The highest BCUT2D eigenvalue weighted by atomic mass is 32.2. The molecule has 148 valence electrons. The lowest BCUT2D eigenvalue weighted by Gasteiger charge is -2.34. The highest BCUT2D eigenvalue weighted by Crippen LogP contribution is 2.33. The summed E-state index contributed by atoms with van der Waals surface area (Å²) < 4.78 is 38.0. The number of hydrogen-bond donors (Lipinski definition) is 0. The Kier molecular flexibility index (Phi) is 4.76. The van der Waals surface area contributed by atoms with Crippen LogP contribution in [0, 0.1) is 13.8 Å². The molecule has 0 bridgehead atoms. The fourth-order valence-corrected chi connectivity index (χ4v) is 5.20. The van der Waals surface area contributed by atoms with Crippen LogP contribution >= 0.6 is 0 Å². The van der Waals surface area contributed by atoms with Gasteiger partial charge in [0, 0.05) is 31.7 Å². The fraction of sp³-hybridized carbons (Fsp3) is 0.350. The molecule has 2 aromatic carbocycles. The van der Waals surface area contributed by atoms with Gasteiger partial charge in [0.2, 0.25) is 16.8 Å². The molecule has 0 atom stereocenters. The second-order valence-electron chi connectivity index (χ2n) is 7.03. The lowest BCUT2D eigenvalue weighted by atomic mass is 10.1. The number of aryl methyl sites for hydroxylation is 2. The Hall–Kier alpha value is -2.58. The predicted molar refractivity (Wildman–Crippen MR) is 103 cm³/mol. The number of carbonyl (C=O) groups is 1. The number of amides is 1. The van der Waals surface area contributed by atoms with Crippen molar-refractivity contribution >= 4 is 15.9 Å². The van der Waals surface area contributed by atoms with Gasteiger partial charge in [0.05, 0.1) is 4.90 Å². The van der Waals surface area contributed by atoms with Gasteiger partial charge in [-0.1, -0.05) is 17.7 Å². The molecule has 2 aliphatic rings. The molecule has 0 saturated carbocycles. The van der Waals surface area contributed by atoms with E-state index in [1.807, 2.05) is 13.0 Å². The maximum absolute atomic E-state index is 13.0. The Labute approximate surface area is 164 Å². The van der Waals surface area contributed by atoms with E-state index in [-0.39, 0.29) is 25.8 Å². The smallest absolute Gasteiger partial charge is 0.254 e. The SMILES string of the molecule is Cc1ccc(S(=O)(=O)N2CCN(C(=O)c3ccc4c(c3)OCO4)CC2)c(C)c1. The van der Waals surface area contributed by atoms with Gasteiger partial charge < -0.3 is 14.4 Å². The third kappa shape index (κ3) is 3.33. The molecule has 1 saturated heterocycles. The second-order valence-corrected chi connectivity index (χ2v) is 8.94. The maximum atomic E-state index is 13.0. The Morgan fingerprint density at radius 3 is 2.36 bits per heavy atom. The molecule has 0 spiro atoms. The summed E-state index contributed by atoms with van der Waals surface area (Å²) in [6.07, 6.45) is 0. The maximum Gasteiger partial charge on any atom is 0.254 e. The molecule has 8 heteroatoms. The lowest BCUT2D eigenvalue weighted by Crippen LogP contribution is -2.50. The van der Waals surface area contributed by atoms with Gasteiger partial charge in [-0.3, -0.25) is 4.79 Å². The molecule has 0 aliphatic carbocycles. The molecule has 2 heterocycles. The van der Waals surface area contributed by atoms with Crippen LogP contribution in [0.2, 0.25) is 0 Å². The van der Waals surface area contributed by atoms with Crippen molar-refractivity contribution < 1.29 is 22.7 Å². The number of nitrogens with zero attached hydrogens (tertiary/aromatic N) is 2. The number of hydrogen-bond acceptors (Lipinski definition) is 5. The van der Waals surface area contributed by atoms with E-state index in [0.29, 0.717) is 35.0 Å².